The highest BCUT2D eigenvalue weighted by Gasteiger charge is 2.61. The van der Waals surface area contributed by atoms with Crippen LogP contribution >= 0.6 is 0 Å². The maximum atomic E-state index is 6.89. The van der Waals surface area contributed by atoms with E-state index in [2.05, 4.69) is 158 Å². The number of anilines is 5. The van der Waals surface area contributed by atoms with Crippen molar-refractivity contribution in [1.29, 1.82) is 0 Å². The van der Waals surface area contributed by atoms with Gasteiger partial charge < -0.3 is 14.2 Å². The van der Waals surface area contributed by atoms with Gasteiger partial charge in [-0.15, -0.1) is 0 Å². The SMILES string of the molecule is Cc1cc2c3c(c1)N1c4c(cc(C(C)(C)C)cc4C4(C)CCCCC14C)B3c1cc3c(cc1N2c1cccc2c1oc1ccccc12)C(C)(C)CCC3(C)C. The van der Waals surface area contributed by atoms with Crippen LogP contribution in [0.1, 0.15) is 129 Å². The first-order valence-electron chi connectivity index (χ1n) is 21.1. The third-order valence-corrected chi connectivity index (χ3v) is 15.6. The zero-order chi connectivity index (χ0) is 38.2. The minimum absolute atomic E-state index is 0.0168. The molecule has 0 spiro atoms. The van der Waals surface area contributed by atoms with Crippen LogP contribution in [0.5, 0.6) is 0 Å². The Morgan fingerprint density at radius 2 is 1.33 bits per heavy atom. The van der Waals surface area contributed by atoms with E-state index < -0.39 is 0 Å². The fraction of sp³-hybridized carbons (Fsp3) is 0.412. The van der Waals surface area contributed by atoms with E-state index >= 15 is 0 Å². The summed E-state index contributed by atoms with van der Waals surface area (Å²) in [6.45, 7) is 24.8. The second kappa shape index (κ2) is 10.5. The van der Waals surface area contributed by atoms with Crippen molar-refractivity contribution in [3.63, 3.8) is 0 Å². The molecule has 5 aromatic carbocycles. The Morgan fingerprint density at radius 3 is 2.09 bits per heavy atom. The molecule has 4 heterocycles. The molecule has 2 unspecified atom stereocenters. The van der Waals surface area contributed by atoms with Crippen LogP contribution in [-0.2, 0) is 21.7 Å². The quantitative estimate of drug-likeness (QED) is 0.157. The van der Waals surface area contributed by atoms with Crippen molar-refractivity contribution in [1.82, 2.24) is 0 Å². The smallest absolute Gasteiger partial charge is 0.252 e. The fourth-order valence-electron chi connectivity index (χ4n) is 12.1. The molecule has 1 aromatic heterocycles. The fourth-order valence-corrected chi connectivity index (χ4v) is 12.1. The van der Waals surface area contributed by atoms with Gasteiger partial charge in [0.05, 0.1) is 11.2 Å². The number of furan rings is 1. The van der Waals surface area contributed by atoms with E-state index in [9.17, 15) is 0 Å². The molecule has 6 aromatic rings. The number of rotatable bonds is 1. The first-order valence-corrected chi connectivity index (χ1v) is 21.1. The molecule has 3 aliphatic heterocycles. The summed E-state index contributed by atoms with van der Waals surface area (Å²) in [6, 6.07) is 30.9. The van der Waals surface area contributed by atoms with Gasteiger partial charge in [-0.1, -0.05) is 117 Å². The standard InChI is InChI=1S/C51H55BN2O/c1-30-24-41-44-42(25-30)54-45-36(50(9)20-13-14-21-51(50,54)10)26-31(47(2,3)4)27-38(45)52(44)37-28-34-35(49(7,8)23-22-48(34,5)6)29-40(37)53(41)39-18-15-17-33-32-16-11-12-19-43(32)55-46(33)39/h11-12,15-19,24-29H,13-14,20-23H2,1-10H3. The number of hydrogen-bond donors (Lipinski definition) is 0. The maximum absolute atomic E-state index is 6.89. The zero-order valence-corrected chi connectivity index (χ0v) is 34.6. The Kier molecular flexibility index (Phi) is 6.46. The minimum Gasteiger partial charge on any atom is -0.454 e. The monoisotopic (exact) mass is 722 g/mol. The highest BCUT2D eigenvalue weighted by Crippen LogP contribution is 2.62. The van der Waals surface area contributed by atoms with Crippen molar-refractivity contribution < 1.29 is 4.42 Å². The van der Waals surface area contributed by atoms with Gasteiger partial charge in [-0.3, -0.25) is 0 Å². The molecule has 0 saturated heterocycles. The summed E-state index contributed by atoms with van der Waals surface area (Å²) in [5, 5.41) is 2.35. The van der Waals surface area contributed by atoms with Crippen molar-refractivity contribution in [2.24, 2.45) is 0 Å². The molecule has 5 aliphatic rings. The third kappa shape index (κ3) is 4.19. The van der Waals surface area contributed by atoms with E-state index in [1.807, 2.05) is 0 Å². The van der Waals surface area contributed by atoms with Gasteiger partial charge in [-0.05, 0) is 130 Å². The second-order valence-electron chi connectivity index (χ2n) is 20.8. The Balaban J connectivity index is 1.31. The second-order valence-corrected chi connectivity index (χ2v) is 20.8. The van der Waals surface area contributed by atoms with Gasteiger partial charge in [-0.2, -0.15) is 0 Å². The van der Waals surface area contributed by atoms with Gasteiger partial charge in [0.1, 0.15) is 5.58 Å². The van der Waals surface area contributed by atoms with Crippen LogP contribution in [-0.4, -0.2) is 12.3 Å². The lowest BCUT2D eigenvalue weighted by Crippen LogP contribution is -2.65. The normalized spacial score (nSPS) is 24.1. The largest absolute Gasteiger partial charge is 0.454 e. The summed E-state index contributed by atoms with van der Waals surface area (Å²) in [6.07, 6.45) is 7.37. The summed E-state index contributed by atoms with van der Waals surface area (Å²) in [5.41, 5.74) is 20.6. The van der Waals surface area contributed by atoms with Crippen LogP contribution in [0, 0.1) is 6.92 Å². The van der Waals surface area contributed by atoms with Crippen LogP contribution in [0.2, 0.25) is 0 Å². The van der Waals surface area contributed by atoms with Crippen molar-refractivity contribution in [3.05, 3.63) is 107 Å². The summed E-state index contributed by atoms with van der Waals surface area (Å²) in [4.78, 5) is 5.50. The van der Waals surface area contributed by atoms with Gasteiger partial charge >= 0.3 is 0 Å². The topological polar surface area (TPSA) is 19.6 Å². The molecule has 278 valence electrons. The Labute approximate surface area is 328 Å². The average molecular weight is 723 g/mol. The van der Waals surface area contributed by atoms with Crippen LogP contribution in [0.25, 0.3) is 21.9 Å². The summed E-state index contributed by atoms with van der Waals surface area (Å²) >= 11 is 0. The number of benzene rings is 5. The Bertz CT molecular complexity index is 2670. The molecule has 55 heavy (non-hydrogen) atoms. The molecule has 0 bridgehead atoms. The summed E-state index contributed by atoms with van der Waals surface area (Å²) in [5.74, 6) is 0. The molecule has 2 aliphatic carbocycles. The molecule has 0 radical (unpaired) electrons. The van der Waals surface area contributed by atoms with E-state index in [1.165, 1.54) is 111 Å². The molecule has 11 rings (SSSR count). The summed E-state index contributed by atoms with van der Waals surface area (Å²) in [7, 11) is 0. The van der Waals surface area contributed by atoms with Gasteiger partial charge in [0.25, 0.3) is 6.71 Å². The molecule has 0 N–H and O–H groups in total. The van der Waals surface area contributed by atoms with E-state index in [1.54, 1.807) is 5.56 Å². The Morgan fingerprint density at radius 1 is 0.636 bits per heavy atom. The molecule has 2 atom stereocenters. The van der Waals surface area contributed by atoms with Crippen LogP contribution in [0.4, 0.5) is 28.4 Å². The Hall–Kier alpha value is -4.44. The number of fused-ring (bicyclic) bond motifs is 11. The predicted molar refractivity (Wildman–Crippen MR) is 235 cm³/mol. The van der Waals surface area contributed by atoms with E-state index in [0.717, 1.165) is 16.9 Å². The first-order chi connectivity index (χ1) is 26.0. The number of hydrogen-bond acceptors (Lipinski definition) is 3. The lowest BCUT2D eigenvalue weighted by molar-refractivity contribution is 0.195. The molecule has 0 amide bonds. The average Bonchev–Trinajstić information content (AvgIpc) is 3.62. The van der Waals surface area contributed by atoms with Crippen molar-refractivity contribution in [2.75, 3.05) is 9.80 Å². The van der Waals surface area contributed by atoms with Crippen molar-refractivity contribution >= 4 is 73.5 Å². The molecule has 3 nitrogen and oxygen atoms in total. The zero-order valence-electron chi connectivity index (χ0n) is 34.6. The number of para-hydroxylation sites is 2. The molecular weight excluding hydrogens is 667 g/mol. The first kappa shape index (κ1) is 33.9. The van der Waals surface area contributed by atoms with Crippen molar-refractivity contribution in [3.8, 4) is 0 Å². The summed E-state index contributed by atoms with van der Waals surface area (Å²) < 4.78 is 6.89. The van der Waals surface area contributed by atoms with Crippen LogP contribution in [0.15, 0.2) is 83.3 Å². The number of nitrogens with zero attached hydrogens (tertiary/aromatic N) is 2. The molecule has 1 saturated carbocycles. The van der Waals surface area contributed by atoms with Gasteiger partial charge in [0.15, 0.2) is 5.58 Å². The molecular formula is C51H55BN2O. The van der Waals surface area contributed by atoms with E-state index in [0.29, 0.717) is 0 Å². The van der Waals surface area contributed by atoms with Gasteiger partial charge in [0.2, 0.25) is 0 Å². The molecule has 4 heteroatoms. The van der Waals surface area contributed by atoms with Crippen molar-refractivity contribution in [2.45, 2.75) is 135 Å². The van der Waals surface area contributed by atoms with Gasteiger partial charge in [0, 0.05) is 38.9 Å². The van der Waals surface area contributed by atoms with Crippen LogP contribution < -0.4 is 26.2 Å². The highest BCUT2D eigenvalue weighted by atomic mass is 16.3. The lowest BCUT2D eigenvalue weighted by Gasteiger charge is -2.53. The van der Waals surface area contributed by atoms with E-state index in [-0.39, 0.29) is 33.9 Å². The third-order valence-electron chi connectivity index (χ3n) is 15.6. The van der Waals surface area contributed by atoms with Gasteiger partial charge in [-0.25, -0.2) is 0 Å². The van der Waals surface area contributed by atoms with Crippen LogP contribution in [0.3, 0.4) is 0 Å². The maximum Gasteiger partial charge on any atom is 0.252 e. The van der Waals surface area contributed by atoms with E-state index in [4.69, 9.17) is 4.42 Å². The lowest BCUT2D eigenvalue weighted by atomic mass is 9.32. The predicted octanol–water partition coefficient (Wildman–Crippen LogP) is 11.9. The molecule has 1 fully saturated rings. The minimum atomic E-state index is -0.0168. The number of aryl methyl sites for hydroxylation is 1. The highest BCUT2D eigenvalue weighted by molar-refractivity contribution is 7.00.